The Morgan fingerprint density at radius 1 is 0.906 bits per heavy atom. The number of hydrogen-bond donors (Lipinski definition) is 2. The van der Waals surface area contributed by atoms with Crippen LogP contribution in [0.15, 0.2) is 85.2 Å². The van der Waals surface area contributed by atoms with Crippen molar-refractivity contribution < 1.29 is 9.53 Å². The number of nitrogens with one attached hydrogen (secondary N) is 2. The zero-order chi connectivity index (χ0) is 22.3. The van der Waals surface area contributed by atoms with Gasteiger partial charge in [-0.3, -0.25) is 4.79 Å². The molecule has 32 heavy (non-hydrogen) atoms. The van der Waals surface area contributed by atoms with E-state index in [2.05, 4.69) is 27.5 Å². The number of nitrogens with zero attached hydrogens (tertiary/aromatic N) is 2. The van der Waals surface area contributed by atoms with Gasteiger partial charge >= 0.3 is 0 Å². The van der Waals surface area contributed by atoms with Crippen LogP contribution >= 0.6 is 0 Å². The van der Waals surface area contributed by atoms with E-state index in [4.69, 9.17) is 4.74 Å². The number of hydrogen-bond acceptors (Lipinski definition) is 5. The first-order chi connectivity index (χ1) is 15.6. The van der Waals surface area contributed by atoms with Crippen molar-refractivity contribution in [2.24, 2.45) is 0 Å². The van der Waals surface area contributed by atoms with Crippen LogP contribution in [0.4, 0.5) is 17.2 Å². The van der Waals surface area contributed by atoms with E-state index in [9.17, 15) is 4.79 Å². The molecule has 0 aliphatic carbocycles. The largest absolute Gasteiger partial charge is 0.457 e. The molecule has 160 valence electrons. The third kappa shape index (κ3) is 5.29. The van der Waals surface area contributed by atoms with Gasteiger partial charge in [0.15, 0.2) is 0 Å². The highest BCUT2D eigenvalue weighted by Crippen LogP contribution is 2.26. The summed E-state index contributed by atoms with van der Waals surface area (Å²) in [6, 6.07) is 24.4. The molecule has 2 N–H and O–H groups in total. The fourth-order valence-electron chi connectivity index (χ4n) is 3.27. The van der Waals surface area contributed by atoms with Crippen LogP contribution in [0.3, 0.4) is 0 Å². The molecule has 4 rings (SSSR count). The van der Waals surface area contributed by atoms with E-state index in [0.29, 0.717) is 17.1 Å². The summed E-state index contributed by atoms with van der Waals surface area (Å²) in [5.74, 6) is 1.82. The number of amides is 1. The standard InChI is InChI=1S/C26H24N4O2/c1-3-19-12-13-21(29-25-14-18(2)27-17-28-25)16-24(19)30-26(31)20-8-7-11-23(15-20)32-22-9-5-4-6-10-22/h4-17H,3H2,1-2H3,(H,30,31)(H,27,28,29). The lowest BCUT2D eigenvalue weighted by molar-refractivity contribution is 0.102. The van der Waals surface area contributed by atoms with Gasteiger partial charge in [-0.1, -0.05) is 37.3 Å². The minimum absolute atomic E-state index is 0.201. The highest BCUT2D eigenvalue weighted by atomic mass is 16.5. The van der Waals surface area contributed by atoms with E-state index in [1.165, 1.54) is 6.33 Å². The predicted octanol–water partition coefficient (Wildman–Crippen LogP) is 6.14. The molecule has 1 aromatic heterocycles. The van der Waals surface area contributed by atoms with Crippen LogP contribution in [0.1, 0.15) is 28.5 Å². The molecule has 0 saturated heterocycles. The lowest BCUT2D eigenvalue weighted by atomic mass is 10.1. The Bertz CT molecular complexity index is 1230. The second-order valence-corrected chi connectivity index (χ2v) is 7.29. The van der Waals surface area contributed by atoms with Gasteiger partial charge in [-0.25, -0.2) is 9.97 Å². The molecule has 0 spiro atoms. The molecule has 0 fully saturated rings. The number of anilines is 3. The minimum atomic E-state index is -0.201. The maximum Gasteiger partial charge on any atom is 0.255 e. The molecule has 0 radical (unpaired) electrons. The second kappa shape index (κ2) is 9.75. The van der Waals surface area contributed by atoms with Crippen molar-refractivity contribution in [3.8, 4) is 11.5 Å². The van der Waals surface area contributed by atoms with Gasteiger partial charge in [0.25, 0.3) is 5.91 Å². The Labute approximate surface area is 187 Å². The molecular weight excluding hydrogens is 400 g/mol. The maximum atomic E-state index is 13.0. The van der Waals surface area contributed by atoms with Crippen molar-refractivity contribution >= 4 is 23.1 Å². The first-order valence-electron chi connectivity index (χ1n) is 10.4. The van der Waals surface area contributed by atoms with Gasteiger partial charge in [0, 0.05) is 28.7 Å². The fourth-order valence-corrected chi connectivity index (χ4v) is 3.27. The average molecular weight is 425 g/mol. The van der Waals surface area contributed by atoms with E-state index in [1.807, 2.05) is 73.7 Å². The lowest BCUT2D eigenvalue weighted by Crippen LogP contribution is -2.13. The van der Waals surface area contributed by atoms with Gasteiger partial charge in [0.2, 0.25) is 0 Å². The van der Waals surface area contributed by atoms with E-state index in [-0.39, 0.29) is 5.91 Å². The summed E-state index contributed by atoms with van der Waals surface area (Å²) in [4.78, 5) is 21.3. The van der Waals surface area contributed by atoms with Crippen LogP contribution in [0, 0.1) is 6.92 Å². The molecule has 4 aromatic rings. The summed E-state index contributed by atoms with van der Waals surface area (Å²) in [7, 11) is 0. The molecule has 3 aromatic carbocycles. The molecule has 6 nitrogen and oxygen atoms in total. The highest BCUT2D eigenvalue weighted by molar-refractivity contribution is 6.05. The fraction of sp³-hybridized carbons (Fsp3) is 0.115. The maximum absolute atomic E-state index is 13.0. The van der Waals surface area contributed by atoms with Crippen LogP contribution in [0.25, 0.3) is 0 Å². The van der Waals surface area contributed by atoms with Crippen molar-refractivity contribution in [2.45, 2.75) is 20.3 Å². The summed E-state index contributed by atoms with van der Waals surface area (Å²) in [5, 5.41) is 6.30. The number of carbonyl (C=O) groups is 1. The van der Waals surface area contributed by atoms with Crippen LogP contribution < -0.4 is 15.4 Å². The van der Waals surface area contributed by atoms with Gasteiger partial charge in [-0.2, -0.15) is 0 Å². The van der Waals surface area contributed by atoms with Gasteiger partial charge in [-0.05, 0) is 61.4 Å². The number of para-hydroxylation sites is 1. The van der Waals surface area contributed by atoms with Crippen molar-refractivity contribution in [3.05, 3.63) is 102 Å². The van der Waals surface area contributed by atoms with E-state index < -0.39 is 0 Å². The number of benzene rings is 3. The molecular formula is C26H24N4O2. The Balaban J connectivity index is 1.52. The minimum Gasteiger partial charge on any atom is -0.457 e. The molecule has 0 saturated carbocycles. The highest BCUT2D eigenvalue weighted by Gasteiger charge is 2.11. The normalized spacial score (nSPS) is 10.4. The van der Waals surface area contributed by atoms with Crippen molar-refractivity contribution in [3.63, 3.8) is 0 Å². The Kier molecular flexibility index (Phi) is 6.41. The van der Waals surface area contributed by atoms with Gasteiger partial charge in [0.05, 0.1) is 0 Å². The Hall–Kier alpha value is -4.19. The van der Waals surface area contributed by atoms with Gasteiger partial charge < -0.3 is 15.4 Å². The van der Waals surface area contributed by atoms with Gasteiger partial charge in [0.1, 0.15) is 23.6 Å². The smallest absolute Gasteiger partial charge is 0.255 e. The monoisotopic (exact) mass is 424 g/mol. The number of rotatable bonds is 7. The summed E-state index contributed by atoms with van der Waals surface area (Å²) >= 11 is 0. The van der Waals surface area contributed by atoms with Crippen LogP contribution in [0.5, 0.6) is 11.5 Å². The molecule has 6 heteroatoms. The SMILES string of the molecule is CCc1ccc(Nc2cc(C)ncn2)cc1NC(=O)c1cccc(Oc2ccccc2)c1. The molecule has 0 aliphatic rings. The quantitative estimate of drug-likeness (QED) is 0.373. The van der Waals surface area contributed by atoms with E-state index in [0.717, 1.165) is 34.8 Å². The van der Waals surface area contributed by atoms with E-state index >= 15 is 0 Å². The van der Waals surface area contributed by atoms with E-state index in [1.54, 1.807) is 12.1 Å². The predicted molar refractivity (Wildman–Crippen MR) is 127 cm³/mol. The zero-order valence-corrected chi connectivity index (χ0v) is 18.0. The van der Waals surface area contributed by atoms with Crippen LogP contribution in [0.2, 0.25) is 0 Å². The lowest BCUT2D eigenvalue weighted by Gasteiger charge is -2.14. The Morgan fingerprint density at radius 3 is 2.50 bits per heavy atom. The summed E-state index contributed by atoms with van der Waals surface area (Å²) < 4.78 is 5.86. The number of ether oxygens (including phenoxy) is 1. The molecule has 1 heterocycles. The number of carbonyl (C=O) groups excluding carboxylic acids is 1. The van der Waals surface area contributed by atoms with Crippen LogP contribution in [-0.2, 0) is 6.42 Å². The number of aromatic nitrogens is 2. The summed E-state index contributed by atoms with van der Waals surface area (Å²) in [6.45, 7) is 3.97. The second-order valence-electron chi connectivity index (χ2n) is 7.29. The molecule has 0 unspecified atom stereocenters. The van der Waals surface area contributed by atoms with Gasteiger partial charge in [-0.15, -0.1) is 0 Å². The van der Waals surface area contributed by atoms with Crippen molar-refractivity contribution in [1.29, 1.82) is 0 Å². The number of aryl methyl sites for hydroxylation is 2. The topological polar surface area (TPSA) is 76.1 Å². The molecule has 1 amide bonds. The first-order valence-corrected chi connectivity index (χ1v) is 10.4. The first kappa shape index (κ1) is 21.1. The molecule has 0 bridgehead atoms. The van der Waals surface area contributed by atoms with Crippen molar-refractivity contribution in [1.82, 2.24) is 9.97 Å². The summed E-state index contributed by atoms with van der Waals surface area (Å²) in [6.07, 6.45) is 2.31. The van der Waals surface area contributed by atoms with Crippen molar-refractivity contribution in [2.75, 3.05) is 10.6 Å². The molecule has 0 aliphatic heterocycles. The third-order valence-electron chi connectivity index (χ3n) is 4.89. The van der Waals surface area contributed by atoms with Crippen LogP contribution in [-0.4, -0.2) is 15.9 Å². The third-order valence-corrected chi connectivity index (χ3v) is 4.89. The summed E-state index contributed by atoms with van der Waals surface area (Å²) in [5.41, 5.74) is 4.02. The Morgan fingerprint density at radius 2 is 1.72 bits per heavy atom. The average Bonchev–Trinajstić information content (AvgIpc) is 2.80. The molecule has 0 atom stereocenters. The zero-order valence-electron chi connectivity index (χ0n) is 18.0.